The second-order valence-corrected chi connectivity index (χ2v) is 6.92. The minimum atomic E-state index is -0.625. The zero-order valence-corrected chi connectivity index (χ0v) is 15.2. The van der Waals surface area contributed by atoms with Gasteiger partial charge in [0.2, 0.25) is 5.91 Å². The maximum absolute atomic E-state index is 12.5. The first-order chi connectivity index (χ1) is 12.3. The topological polar surface area (TPSA) is 91.2 Å². The normalized spacial score (nSPS) is 12.1. The number of amides is 2. The number of hydrogen-bond donors (Lipinski definition) is 2. The second kappa shape index (κ2) is 8.34. The second-order valence-electron chi connectivity index (χ2n) is 6.92. The molecule has 0 saturated heterocycles. The van der Waals surface area contributed by atoms with Gasteiger partial charge in [0.15, 0.2) is 0 Å². The molecule has 2 aromatic carbocycles. The summed E-state index contributed by atoms with van der Waals surface area (Å²) in [6.07, 6.45) is -0.587. The van der Waals surface area contributed by atoms with Crippen LogP contribution >= 0.6 is 0 Å². The highest BCUT2D eigenvalue weighted by atomic mass is 16.6. The van der Waals surface area contributed by atoms with E-state index in [-0.39, 0.29) is 19.0 Å². The first-order valence-corrected chi connectivity index (χ1v) is 8.40. The van der Waals surface area contributed by atoms with Crippen molar-refractivity contribution in [1.82, 2.24) is 10.6 Å². The summed E-state index contributed by atoms with van der Waals surface area (Å²) in [5, 5.41) is 16.0. The van der Waals surface area contributed by atoms with Gasteiger partial charge < -0.3 is 15.4 Å². The van der Waals surface area contributed by atoms with E-state index in [1.165, 1.54) is 0 Å². The Labute approximate surface area is 153 Å². The van der Waals surface area contributed by atoms with Gasteiger partial charge in [-0.3, -0.25) is 4.79 Å². The minimum Gasteiger partial charge on any atom is -0.444 e. The Hall–Kier alpha value is -3.07. The number of carbonyl (C=O) groups excluding carboxylic acids is 2. The summed E-state index contributed by atoms with van der Waals surface area (Å²) >= 11 is 0. The summed E-state index contributed by atoms with van der Waals surface area (Å²) in [5.41, 5.74) is 0.140. The number of nitriles is 1. The van der Waals surface area contributed by atoms with Crippen LogP contribution in [0.1, 0.15) is 32.3 Å². The van der Waals surface area contributed by atoms with Gasteiger partial charge in [-0.2, -0.15) is 5.26 Å². The Bertz CT molecular complexity index is 834. The average molecular weight is 353 g/mol. The van der Waals surface area contributed by atoms with Crippen LogP contribution in [0.2, 0.25) is 0 Å². The third kappa shape index (κ3) is 5.49. The summed E-state index contributed by atoms with van der Waals surface area (Å²) < 4.78 is 5.22. The van der Waals surface area contributed by atoms with Crippen molar-refractivity contribution in [3.05, 3.63) is 48.0 Å². The molecule has 0 radical (unpaired) electrons. The van der Waals surface area contributed by atoms with E-state index in [4.69, 9.17) is 10.00 Å². The van der Waals surface area contributed by atoms with Crippen LogP contribution < -0.4 is 10.6 Å². The van der Waals surface area contributed by atoms with Crippen molar-refractivity contribution in [1.29, 1.82) is 5.26 Å². The molecular formula is C20H23N3O3. The zero-order valence-electron chi connectivity index (χ0n) is 15.2. The van der Waals surface area contributed by atoms with E-state index in [1.54, 1.807) is 20.8 Å². The highest BCUT2D eigenvalue weighted by Gasteiger charge is 2.23. The first kappa shape index (κ1) is 19.3. The van der Waals surface area contributed by atoms with Gasteiger partial charge in [0, 0.05) is 6.54 Å². The molecule has 2 rings (SSSR count). The van der Waals surface area contributed by atoms with Crippen LogP contribution in [-0.2, 0) is 9.53 Å². The number of hydrogen-bond acceptors (Lipinski definition) is 4. The lowest BCUT2D eigenvalue weighted by Gasteiger charge is -2.22. The molecule has 0 bridgehead atoms. The largest absolute Gasteiger partial charge is 0.444 e. The van der Waals surface area contributed by atoms with Crippen LogP contribution in [0.4, 0.5) is 4.79 Å². The van der Waals surface area contributed by atoms with Crippen molar-refractivity contribution < 1.29 is 14.3 Å². The van der Waals surface area contributed by atoms with Crippen molar-refractivity contribution in [2.75, 3.05) is 13.1 Å². The molecule has 6 heteroatoms. The third-order valence-corrected chi connectivity index (χ3v) is 3.68. The molecule has 2 amide bonds. The van der Waals surface area contributed by atoms with Crippen LogP contribution in [0.3, 0.4) is 0 Å². The van der Waals surface area contributed by atoms with Gasteiger partial charge >= 0.3 is 6.09 Å². The predicted molar refractivity (Wildman–Crippen MR) is 99.5 cm³/mol. The SMILES string of the molecule is CC(C)(C)OC(=O)NCC(C(=O)NCC#N)c1ccc2ccccc2c1. The first-order valence-electron chi connectivity index (χ1n) is 8.40. The maximum Gasteiger partial charge on any atom is 0.407 e. The molecule has 2 N–H and O–H groups in total. The lowest BCUT2D eigenvalue weighted by molar-refractivity contribution is -0.122. The molecule has 0 fully saturated rings. The van der Waals surface area contributed by atoms with Crippen molar-refractivity contribution in [3.63, 3.8) is 0 Å². The molecule has 0 aliphatic rings. The molecule has 0 heterocycles. The highest BCUT2D eigenvalue weighted by molar-refractivity contribution is 5.88. The van der Waals surface area contributed by atoms with Crippen LogP contribution in [0.25, 0.3) is 10.8 Å². The summed E-state index contributed by atoms with van der Waals surface area (Å²) in [5.74, 6) is -0.946. The number of rotatable bonds is 5. The van der Waals surface area contributed by atoms with Crippen LogP contribution in [-0.4, -0.2) is 30.7 Å². The van der Waals surface area contributed by atoms with Crippen molar-refractivity contribution >= 4 is 22.8 Å². The molecule has 0 aliphatic carbocycles. The Morgan fingerprint density at radius 1 is 1.12 bits per heavy atom. The molecule has 26 heavy (non-hydrogen) atoms. The number of nitrogens with one attached hydrogen (secondary N) is 2. The lowest BCUT2D eigenvalue weighted by atomic mass is 9.95. The van der Waals surface area contributed by atoms with Gasteiger partial charge in [-0.05, 0) is 37.1 Å². The van der Waals surface area contributed by atoms with E-state index in [1.807, 2.05) is 48.5 Å². The molecule has 0 aromatic heterocycles. The fraction of sp³-hybridized carbons (Fsp3) is 0.350. The number of benzene rings is 2. The smallest absolute Gasteiger partial charge is 0.407 e. The average Bonchev–Trinajstić information content (AvgIpc) is 2.58. The number of ether oxygens (including phenoxy) is 1. The monoisotopic (exact) mass is 353 g/mol. The molecule has 1 unspecified atom stereocenters. The van der Waals surface area contributed by atoms with E-state index in [0.29, 0.717) is 0 Å². The van der Waals surface area contributed by atoms with Gasteiger partial charge in [0.05, 0.1) is 12.0 Å². The van der Waals surface area contributed by atoms with Crippen LogP contribution in [0, 0.1) is 11.3 Å². The van der Waals surface area contributed by atoms with E-state index < -0.39 is 17.6 Å². The number of fused-ring (bicyclic) bond motifs is 1. The fourth-order valence-electron chi connectivity index (χ4n) is 2.54. The van der Waals surface area contributed by atoms with Gasteiger partial charge in [-0.15, -0.1) is 0 Å². The maximum atomic E-state index is 12.5. The lowest BCUT2D eigenvalue weighted by Crippen LogP contribution is -2.39. The van der Waals surface area contributed by atoms with E-state index >= 15 is 0 Å². The van der Waals surface area contributed by atoms with Gasteiger partial charge in [-0.1, -0.05) is 42.5 Å². The van der Waals surface area contributed by atoms with Crippen LogP contribution in [0.15, 0.2) is 42.5 Å². The molecular weight excluding hydrogens is 330 g/mol. The Morgan fingerprint density at radius 3 is 2.46 bits per heavy atom. The molecule has 0 aliphatic heterocycles. The van der Waals surface area contributed by atoms with Crippen molar-refractivity contribution in [3.8, 4) is 6.07 Å². The molecule has 2 aromatic rings. The fourth-order valence-corrected chi connectivity index (χ4v) is 2.54. The van der Waals surface area contributed by atoms with E-state index in [9.17, 15) is 9.59 Å². The van der Waals surface area contributed by atoms with Gasteiger partial charge in [0.1, 0.15) is 12.1 Å². The van der Waals surface area contributed by atoms with Crippen LogP contribution in [0.5, 0.6) is 0 Å². The zero-order chi connectivity index (χ0) is 19.2. The van der Waals surface area contributed by atoms with Crippen molar-refractivity contribution in [2.24, 2.45) is 0 Å². The Balaban J connectivity index is 2.20. The molecule has 0 saturated carbocycles. The van der Waals surface area contributed by atoms with Crippen molar-refractivity contribution in [2.45, 2.75) is 32.3 Å². The van der Waals surface area contributed by atoms with Gasteiger partial charge in [0.25, 0.3) is 0 Å². The quantitative estimate of drug-likeness (QED) is 0.808. The number of nitrogens with zero attached hydrogens (tertiary/aromatic N) is 1. The number of carbonyl (C=O) groups is 2. The molecule has 6 nitrogen and oxygen atoms in total. The molecule has 0 spiro atoms. The van der Waals surface area contributed by atoms with E-state index in [0.717, 1.165) is 16.3 Å². The molecule has 136 valence electrons. The van der Waals surface area contributed by atoms with Gasteiger partial charge in [-0.25, -0.2) is 4.79 Å². The Kier molecular flexibility index (Phi) is 6.18. The molecule has 1 atom stereocenters. The highest BCUT2D eigenvalue weighted by Crippen LogP contribution is 2.22. The summed E-state index contributed by atoms with van der Waals surface area (Å²) in [7, 11) is 0. The Morgan fingerprint density at radius 2 is 1.81 bits per heavy atom. The third-order valence-electron chi connectivity index (χ3n) is 3.68. The minimum absolute atomic E-state index is 0.0739. The number of alkyl carbamates (subject to hydrolysis) is 1. The summed E-state index contributed by atoms with van der Waals surface area (Å²) in [6.45, 7) is 5.30. The summed E-state index contributed by atoms with van der Waals surface area (Å²) in [4.78, 5) is 24.4. The van der Waals surface area contributed by atoms with E-state index in [2.05, 4.69) is 10.6 Å². The summed E-state index contributed by atoms with van der Waals surface area (Å²) in [6, 6.07) is 15.4. The standard InChI is InChI=1S/C20H23N3O3/c1-20(2,3)26-19(25)23-13-17(18(24)22-11-10-21)16-9-8-14-6-4-5-7-15(14)12-16/h4-9,12,17H,11,13H2,1-3H3,(H,22,24)(H,23,25). The predicted octanol–water partition coefficient (Wildman–Crippen LogP) is 3.09.